The molecule has 0 spiro atoms. The zero-order chi connectivity index (χ0) is 11.4. The molecule has 0 radical (unpaired) electrons. The Kier molecular flexibility index (Phi) is 4.08. The smallest absolute Gasteiger partial charge is 0.250 e. The van der Waals surface area contributed by atoms with Gasteiger partial charge in [-0.05, 0) is 11.1 Å². The highest BCUT2D eigenvalue weighted by Gasteiger charge is 2.31. The van der Waals surface area contributed by atoms with Gasteiger partial charge in [0.25, 0.3) is 12.9 Å². The zero-order valence-electron chi connectivity index (χ0n) is 7.84. The monoisotopic (exact) mass is 221 g/mol. The van der Waals surface area contributed by atoms with Gasteiger partial charge < -0.3 is 5.73 Å². The maximum atomic E-state index is 12.3. The lowest BCUT2D eigenvalue weighted by Crippen LogP contribution is -2.17. The van der Waals surface area contributed by atoms with Gasteiger partial charge >= 0.3 is 0 Å². The second-order valence-electron chi connectivity index (χ2n) is 3.14. The minimum Gasteiger partial charge on any atom is -0.326 e. The molecule has 5 heteroatoms. The van der Waals surface area contributed by atoms with Crippen molar-refractivity contribution in [1.29, 1.82) is 0 Å². The van der Waals surface area contributed by atoms with Gasteiger partial charge in [-0.25, -0.2) is 17.6 Å². The molecule has 0 fully saturated rings. The van der Waals surface area contributed by atoms with Crippen LogP contribution in [0.5, 0.6) is 0 Å². The van der Waals surface area contributed by atoms with Crippen molar-refractivity contribution < 1.29 is 17.6 Å². The van der Waals surface area contributed by atoms with E-state index in [1.165, 1.54) is 24.3 Å². The largest absolute Gasteiger partial charge is 0.326 e. The van der Waals surface area contributed by atoms with Gasteiger partial charge in [0.15, 0.2) is 0 Å². The van der Waals surface area contributed by atoms with Crippen molar-refractivity contribution in [3.8, 4) is 0 Å². The quantitative estimate of drug-likeness (QED) is 0.777. The number of benzene rings is 1. The van der Waals surface area contributed by atoms with E-state index in [1.807, 2.05) is 0 Å². The summed E-state index contributed by atoms with van der Waals surface area (Å²) in [6, 6.07) is 5.50. The topological polar surface area (TPSA) is 26.0 Å². The van der Waals surface area contributed by atoms with E-state index in [4.69, 9.17) is 5.73 Å². The maximum absolute atomic E-state index is 12.3. The lowest BCUT2D eigenvalue weighted by Gasteiger charge is -2.15. The Morgan fingerprint density at radius 3 is 1.73 bits per heavy atom. The molecule has 0 aliphatic heterocycles. The molecule has 1 aromatic rings. The first kappa shape index (κ1) is 12.0. The molecule has 0 saturated heterocycles. The molecule has 0 bridgehead atoms. The summed E-state index contributed by atoms with van der Waals surface area (Å²) in [5, 5.41) is 0. The summed E-state index contributed by atoms with van der Waals surface area (Å²) in [4.78, 5) is 0. The molecule has 0 heterocycles. The van der Waals surface area contributed by atoms with E-state index in [-0.39, 0.29) is 12.1 Å². The molecule has 0 aliphatic rings. The van der Waals surface area contributed by atoms with Crippen molar-refractivity contribution in [3.63, 3.8) is 0 Å². The predicted molar refractivity (Wildman–Crippen MR) is 49.1 cm³/mol. The fourth-order valence-corrected chi connectivity index (χ4v) is 1.28. The van der Waals surface area contributed by atoms with Gasteiger partial charge in [0.2, 0.25) is 0 Å². The van der Waals surface area contributed by atoms with E-state index in [2.05, 4.69) is 0 Å². The summed E-state index contributed by atoms with van der Waals surface area (Å²) in [6.45, 7) is 0.258. The summed E-state index contributed by atoms with van der Waals surface area (Å²) >= 11 is 0. The predicted octanol–water partition coefficient (Wildman–Crippen LogP) is 2.76. The van der Waals surface area contributed by atoms with E-state index in [9.17, 15) is 17.6 Å². The molecule has 0 aliphatic carbocycles. The van der Waals surface area contributed by atoms with Gasteiger partial charge in [-0.3, -0.25) is 0 Å². The van der Waals surface area contributed by atoms with Crippen molar-refractivity contribution >= 4 is 0 Å². The van der Waals surface area contributed by atoms with Crippen LogP contribution in [0.15, 0.2) is 24.3 Å². The number of hydrogen-bond acceptors (Lipinski definition) is 1. The van der Waals surface area contributed by atoms with Crippen LogP contribution in [0.25, 0.3) is 0 Å². The highest BCUT2D eigenvalue weighted by atomic mass is 19.3. The lowest BCUT2D eigenvalue weighted by atomic mass is 9.99. The zero-order valence-corrected chi connectivity index (χ0v) is 7.84. The van der Waals surface area contributed by atoms with Crippen LogP contribution in [0.2, 0.25) is 0 Å². The van der Waals surface area contributed by atoms with E-state index in [1.54, 1.807) is 0 Å². The Hall–Kier alpha value is -1.10. The highest BCUT2D eigenvalue weighted by Crippen LogP contribution is 2.29. The van der Waals surface area contributed by atoms with Crippen LogP contribution < -0.4 is 5.73 Å². The van der Waals surface area contributed by atoms with Gasteiger partial charge in [-0.1, -0.05) is 24.3 Å². The second kappa shape index (κ2) is 5.11. The molecular weight excluding hydrogens is 210 g/mol. The van der Waals surface area contributed by atoms with Gasteiger partial charge in [0.05, 0.1) is 0 Å². The van der Waals surface area contributed by atoms with E-state index >= 15 is 0 Å². The first-order valence-electron chi connectivity index (χ1n) is 4.41. The van der Waals surface area contributed by atoms with Crippen molar-refractivity contribution in [1.82, 2.24) is 0 Å². The number of hydrogen-bond donors (Lipinski definition) is 1. The third-order valence-corrected chi connectivity index (χ3v) is 2.14. The Labute approximate surface area is 84.9 Å². The van der Waals surface area contributed by atoms with E-state index in [0.29, 0.717) is 0 Å². The Morgan fingerprint density at radius 2 is 1.40 bits per heavy atom. The SMILES string of the molecule is NCc1ccc(C(C(F)F)C(F)F)cc1. The minimum absolute atomic E-state index is 0.0581. The van der Waals surface area contributed by atoms with Crippen molar-refractivity contribution in [3.05, 3.63) is 35.4 Å². The van der Waals surface area contributed by atoms with Gasteiger partial charge in [-0.15, -0.1) is 0 Å². The second-order valence-corrected chi connectivity index (χ2v) is 3.14. The number of nitrogens with two attached hydrogens (primary N) is 1. The summed E-state index contributed by atoms with van der Waals surface area (Å²) in [7, 11) is 0. The van der Waals surface area contributed by atoms with Crippen LogP contribution in [0.3, 0.4) is 0 Å². The Bertz CT molecular complexity index is 289. The third kappa shape index (κ3) is 2.92. The molecule has 0 unspecified atom stereocenters. The molecule has 0 atom stereocenters. The average molecular weight is 221 g/mol. The third-order valence-electron chi connectivity index (χ3n) is 2.14. The fourth-order valence-electron chi connectivity index (χ4n) is 1.28. The molecule has 1 aromatic carbocycles. The first-order valence-corrected chi connectivity index (χ1v) is 4.41. The summed E-state index contributed by atoms with van der Waals surface area (Å²) in [5.74, 6) is -2.02. The van der Waals surface area contributed by atoms with Crippen LogP contribution in [-0.4, -0.2) is 12.9 Å². The highest BCUT2D eigenvalue weighted by molar-refractivity contribution is 5.26. The Balaban J connectivity index is 2.92. The average Bonchev–Trinajstić information content (AvgIpc) is 2.18. The summed E-state index contributed by atoms with van der Waals surface area (Å²) in [6.07, 6.45) is -6.12. The van der Waals surface area contributed by atoms with E-state index in [0.717, 1.165) is 5.56 Å². The summed E-state index contributed by atoms with van der Waals surface area (Å²) < 4.78 is 49.3. The lowest BCUT2D eigenvalue weighted by molar-refractivity contribution is 0.0147. The number of halogens is 4. The molecule has 1 nitrogen and oxygen atoms in total. The standard InChI is InChI=1S/C10H11F4N/c11-9(12)8(10(13)14)7-3-1-6(5-15)2-4-7/h1-4,8-10H,5,15H2. The molecule has 2 N–H and O–H groups in total. The number of rotatable bonds is 4. The number of alkyl halides is 4. The van der Waals surface area contributed by atoms with Crippen LogP contribution >= 0.6 is 0 Å². The normalized spacial score (nSPS) is 11.7. The van der Waals surface area contributed by atoms with Crippen molar-refractivity contribution in [2.75, 3.05) is 0 Å². The molecule has 0 saturated carbocycles. The molecule has 0 aromatic heterocycles. The maximum Gasteiger partial charge on any atom is 0.250 e. The first-order chi connectivity index (χ1) is 7.06. The van der Waals surface area contributed by atoms with Crippen LogP contribution in [0.4, 0.5) is 17.6 Å². The molecular formula is C10H11F4N. The fraction of sp³-hybridized carbons (Fsp3) is 0.400. The Morgan fingerprint density at radius 1 is 0.933 bits per heavy atom. The molecule has 0 amide bonds. The van der Waals surface area contributed by atoms with Crippen molar-refractivity contribution in [2.45, 2.75) is 25.3 Å². The van der Waals surface area contributed by atoms with Gasteiger partial charge in [-0.2, -0.15) is 0 Å². The van der Waals surface area contributed by atoms with Crippen LogP contribution in [0.1, 0.15) is 17.0 Å². The molecule has 15 heavy (non-hydrogen) atoms. The van der Waals surface area contributed by atoms with Gasteiger partial charge in [0.1, 0.15) is 5.92 Å². The minimum atomic E-state index is -3.06. The van der Waals surface area contributed by atoms with Gasteiger partial charge in [0, 0.05) is 6.54 Å². The van der Waals surface area contributed by atoms with Crippen LogP contribution in [-0.2, 0) is 6.54 Å². The van der Waals surface area contributed by atoms with Crippen LogP contribution in [0, 0.1) is 0 Å². The molecule has 1 rings (SSSR count). The van der Waals surface area contributed by atoms with E-state index < -0.39 is 18.8 Å². The summed E-state index contributed by atoms with van der Waals surface area (Å²) in [5.41, 5.74) is 5.96. The molecule has 84 valence electrons. The van der Waals surface area contributed by atoms with Crippen molar-refractivity contribution in [2.24, 2.45) is 5.73 Å².